The molecule has 3 rings (SSSR count). The second kappa shape index (κ2) is 13.0. The monoisotopic (exact) mass is 530 g/mol. The minimum Gasteiger partial charge on any atom is -0.478 e. The van der Waals surface area contributed by atoms with Crippen molar-refractivity contribution in [3.63, 3.8) is 0 Å². The van der Waals surface area contributed by atoms with Gasteiger partial charge in [-0.3, -0.25) is 8.78 Å². The summed E-state index contributed by atoms with van der Waals surface area (Å²) in [5.74, 6) is -1.34. The van der Waals surface area contributed by atoms with Gasteiger partial charge in [0.15, 0.2) is 6.43 Å². The smallest absolute Gasteiger partial charge is 0.478 e. The molecule has 0 aromatic heterocycles. The summed E-state index contributed by atoms with van der Waals surface area (Å²) in [6.45, 7) is 5.95. The quantitative estimate of drug-likeness (QED) is 0.367. The Bertz CT molecular complexity index is 1110. The van der Waals surface area contributed by atoms with Gasteiger partial charge in [-0.2, -0.15) is 0 Å². The Morgan fingerprint density at radius 3 is 2.50 bits per heavy atom. The Hall–Kier alpha value is -0.664. The van der Waals surface area contributed by atoms with Crippen LogP contribution in [0.4, 0.5) is 8.78 Å². The van der Waals surface area contributed by atoms with Crippen LogP contribution in [0.25, 0.3) is 5.57 Å². The molecule has 2 unspecified atom stereocenters. The summed E-state index contributed by atoms with van der Waals surface area (Å²) < 4.78 is 28.0. The number of carboxylic acid groups (broad SMARTS) is 1. The number of benzene rings is 2. The number of aliphatic carboxylic acids is 1. The minimum atomic E-state index is -1.83. The summed E-state index contributed by atoms with van der Waals surface area (Å²) in [5, 5.41) is 11.0. The number of hydrogen-bond acceptors (Lipinski definition) is 1. The van der Waals surface area contributed by atoms with E-state index in [1.165, 1.54) is 6.07 Å². The summed E-state index contributed by atoms with van der Waals surface area (Å²) >= 11 is 12.7. The molecule has 1 N–H and O–H groups in total. The van der Waals surface area contributed by atoms with E-state index >= 15 is 0 Å². The van der Waals surface area contributed by atoms with Crippen molar-refractivity contribution in [1.82, 2.24) is 0 Å². The third kappa shape index (κ3) is 6.55. The van der Waals surface area contributed by atoms with Crippen LogP contribution in [0.1, 0.15) is 68.2 Å². The maximum absolute atomic E-state index is 14.0. The van der Waals surface area contributed by atoms with Crippen molar-refractivity contribution >= 4 is 34.7 Å². The van der Waals surface area contributed by atoms with Crippen molar-refractivity contribution in [2.24, 2.45) is 5.92 Å². The van der Waals surface area contributed by atoms with Crippen molar-refractivity contribution in [1.29, 1.82) is 0 Å². The molecule has 2 atom stereocenters. The topological polar surface area (TPSA) is 37.3 Å². The molecule has 1 aliphatic rings. The van der Waals surface area contributed by atoms with Crippen LogP contribution in [0.2, 0.25) is 10.0 Å². The number of fused-ring (bicyclic) bond motifs is 1. The van der Waals surface area contributed by atoms with Gasteiger partial charge in [-0.05, 0) is 53.0 Å². The molecule has 0 amide bonds. The van der Waals surface area contributed by atoms with E-state index < -0.39 is 12.4 Å². The van der Waals surface area contributed by atoms with Gasteiger partial charge in [0.05, 0.1) is 5.57 Å². The predicted molar refractivity (Wildman–Crippen MR) is 131 cm³/mol. The molecular formula is C27H27Cl2F2KO2. The molecule has 0 aliphatic heterocycles. The van der Waals surface area contributed by atoms with Gasteiger partial charge in [0, 0.05) is 5.02 Å². The van der Waals surface area contributed by atoms with Gasteiger partial charge in [0.2, 0.25) is 0 Å². The average Bonchev–Trinajstić information content (AvgIpc) is 2.74. The van der Waals surface area contributed by atoms with Crippen LogP contribution in [-0.4, -0.2) is 11.1 Å². The summed E-state index contributed by atoms with van der Waals surface area (Å²) in [4.78, 5) is 12.7. The van der Waals surface area contributed by atoms with E-state index in [4.69, 9.17) is 23.2 Å². The van der Waals surface area contributed by atoms with Crippen molar-refractivity contribution in [2.45, 2.75) is 52.4 Å². The summed E-state index contributed by atoms with van der Waals surface area (Å²) in [6.07, 6.45) is 2.43. The molecule has 2 aromatic carbocycles. The number of hydrogen-bond donors (Lipinski definition) is 1. The van der Waals surface area contributed by atoms with E-state index in [1.54, 1.807) is 18.2 Å². The average molecular weight is 532 g/mol. The fraction of sp³-hybridized carbons (Fsp3) is 0.333. The van der Waals surface area contributed by atoms with E-state index in [-0.39, 0.29) is 85.8 Å². The Kier molecular flexibility index (Phi) is 11.3. The molecular weight excluding hydrogens is 504 g/mol. The fourth-order valence-electron chi connectivity index (χ4n) is 4.69. The van der Waals surface area contributed by atoms with Crippen LogP contribution < -0.4 is 51.4 Å². The largest absolute Gasteiger partial charge is 1.00 e. The zero-order valence-electron chi connectivity index (χ0n) is 19.9. The van der Waals surface area contributed by atoms with Crippen LogP contribution in [-0.2, 0) is 11.2 Å². The fourth-order valence-corrected chi connectivity index (χ4v) is 5.11. The molecule has 0 bridgehead atoms. The zero-order chi connectivity index (χ0) is 24.3. The van der Waals surface area contributed by atoms with Crippen LogP contribution >= 0.6 is 23.2 Å². The predicted octanol–water partition coefficient (Wildman–Crippen LogP) is 5.72. The second-order valence-electron chi connectivity index (χ2n) is 8.59. The molecule has 7 heteroatoms. The van der Waals surface area contributed by atoms with Crippen molar-refractivity contribution in [3.05, 3.63) is 92.3 Å². The maximum Gasteiger partial charge on any atom is 1.00 e. The second-order valence-corrected chi connectivity index (χ2v) is 9.43. The summed E-state index contributed by atoms with van der Waals surface area (Å²) in [5.41, 5.74) is 2.69. The molecule has 0 radical (unpaired) electrons. The minimum absolute atomic E-state index is 0. The molecule has 0 fully saturated rings. The molecule has 0 spiro atoms. The van der Waals surface area contributed by atoms with Crippen molar-refractivity contribution in [3.8, 4) is 0 Å². The van der Waals surface area contributed by atoms with Gasteiger partial charge in [-0.1, -0.05) is 92.2 Å². The molecule has 1 aliphatic carbocycles. The Morgan fingerprint density at radius 1 is 1.24 bits per heavy atom. The zero-order valence-corrected chi connectivity index (χ0v) is 24.5. The Labute approximate surface area is 252 Å². The Balaban J connectivity index is 0.00000408. The summed E-state index contributed by atoms with van der Waals surface area (Å²) in [7, 11) is 0. The van der Waals surface area contributed by atoms with Crippen molar-refractivity contribution < 1.29 is 70.1 Å². The third-order valence-electron chi connectivity index (χ3n) is 6.24. The van der Waals surface area contributed by atoms with E-state index in [9.17, 15) is 18.7 Å². The first kappa shape index (κ1) is 29.6. The maximum atomic E-state index is 14.0. The van der Waals surface area contributed by atoms with Gasteiger partial charge in [-0.25, -0.2) is 4.79 Å². The number of rotatable bonds is 7. The first-order valence-corrected chi connectivity index (χ1v) is 11.8. The van der Waals surface area contributed by atoms with Gasteiger partial charge >= 0.3 is 57.4 Å². The van der Waals surface area contributed by atoms with Gasteiger partial charge in [-0.15, -0.1) is 17.2 Å². The number of carbonyl (C=O) groups is 1. The molecule has 0 saturated carbocycles. The van der Waals surface area contributed by atoms with Crippen LogP contribution in [0.5, 0.6) is 0 Å². The number of carboxylic acids is 1. The summed E-state index contributed by atoms with van der Waals surface area (Å²) in [6, 6.07) is 10.0. The van der Waals surface area contributed by atoms with Crippen molar-refractivity contribution in [2.75, 3.05) is 0 Å². The van der Waals surface area contributed by atoms with E-state index in [0.29, 0.717) is 28.1 Å². The molecule has 0 heterocycles. The normalized spacial score (nSPS) is 20.2. The molecule has 176 valence electrons. The van der Waals surface area contributed by atoms with E-state index in [1.807, 2.05) is 32.1 Å². The third-order valence-corrected chi connectivity index (χ3v) is 6.83. The molecule has 0 saturated heterocycles. The first-order chi connectivity index (χ1) is 15.6. The van der Waals surface area contributed by atoms with Gasteiger partial charge in [0.1, 0.15) is 0 Å². The van der Waals surface area contributed by atoms with Gasteiger partial charge in [0.25, 0.3) is 0 Å². The van der Waals surface area contributed by atoms with Crippen LogP contribution in [0.3, 0.4) is 0 Å². The number of halogens is 4. The first-order valence-electron chi connectivity index (χ1n) is 11.1. The van der Waals surface area contributed by atoms with E-state index in [0.717, 1.165) is 24.0 Å². The molecule has 2 nitrogen and oxygen atoms in total. The molecule has 34 heavy (non-hydrogen) atoms. The standard InChI is InChI=1S/C27H27Cl2F2O2.K/c1-4-7-15(2)19-11-10-16(3)24-21(13-18(28)14-22(24)26(30)31)20(25(19)27(32)33)12-17-8-5-6-9-23(17)29;/h5-6,8-9,11,13-16H,4,7,10,12H2,1-3H3,(H,32,33);/q-1;+1/b19-11+,25-20+;. The van der Waals surface area contributed by atoms with E-state index in [2.05, 4.69) is 6.92 Å². The Morgan fingerprint density at radius 2 is 1.91 bits per heavy atom. The van der Waals surface area contributed by atoms with Crippen LogP contribution in [0.15, 0.2) is 53.6 Å². The SMILES string of the molecule is CCCC(C)C1=C\CC(C)c2c(cc(Cl)cc2[C-](F)F)/C(Cc2ccccc2Cl)=C\1C(=O)O.[K+]. The number of allylic oxidation sites excluding steroid dienone is 2. The molecule has 2 aromatic rings. The van der Waals surface area contributed by atoms with Gasteiger partial charge < -0.3 is 5.11 Å². The van der Waals surface area contributed by atoms with Crippen LogP contribution in [0, 0.1) is 12.3 Å².